The van der Waals surface area contributed by atoms with Crippen LogP contribution in [0.15, 0.2) is 24.3 Å². The number of rotatable bonds is 4. The lowest BCUT2D eigenvalue weighted by atomic mass is 9.90. The number of amides is 2. The maximum atomic E-state index is 13.6. The van der Waals surface area contributed by atoms with Gasteiger partial charge in [-0.1, -0.05) is 37.8 Å². The number of carbonyl (C=O) groups is 2. The van der Waals surface area contributed by atoms with Crippen LogP contribution in [0, 0.1) is 11.2 Å². The molecule has 0 bridgehead atoms. The van der Waals surface area contributed by atoms with E-state index in [9.17, 15) is 14.0 Å². The van der Waals surface area contributed by atoms with Crippen LogP contribution >= 0.6 is 0 Å². The molecule has 1 saturated carbocycles. The molecule has 2 rings (SSSR count). The molecule has 1 aromatic carbocycles. The number of halogens is 1. The fourth-order valence-corrected chi connectivity index (χ4v) is 2.73. The van der Waals surface area contributed by atoms with Gasteiger partial charge in [-0.05, 0) is 38.8 Å². The van der Waals surface area contributed by atoms with Gasteiger partial charge in [0.05, 0.1) is 5.69 Å². The van der Waals surface area contributed by atoms with Gasteiger partial charge >= 0.3 is 0 Å². The highest BCUT2D eigenvalue weighted by Crippen LogP contribution is 2.23. The lowest BCUT2D eigenvalue weighted by Gasteiger charge is -2.26. The Morgan fingerprint density at radius 3 is 2.26 bits per heavy atom. The molecule has 126 valence electrons. The molecule has 1 aliphatic rings. The van der Waals surface area contributed by atoms with Crippen molar-refractivity contribution < 1.29 is 14.0 Å². The van der Waals surface area contributed by atoms with Crippen molar-refractivity contribution in [1.29, 1.82) is 0 Å². The second-order valence-electron chi connectivity index (χ2n) is 6.72. The van der Waals surface area contributed by atoms with Crippen molar-refractivity contribution in [3.8, 4) is 0 Å². The van der Waals surface area contributed by atoms with Crippen molar-refractivity contribution in [1.82, 2.24) is 5.32 Å². The summed E-state index contributed by atoms with van der Waals surface area (Å²) in [7, 11) is 0. The number of nitrogens with one attached hydrogen (secondary N) is 2. The average Bonchev–Trinajstić information content (AvgIpc) is 2.78. The minimum atomic E-state index is -1.26. The van der Waals surface area contributed by atoms with Crippen LogP contribution in [0.5, 0.6) is 0 Å². The number of benzene rings is 1. The summed E-state index contributed by atoms with van der Waals surface area (Å²) in [6.45, 7) is 3.13. The van der Waals surface area contributed by atoms with E-state index < -0.39 is 17.1 Å². The van der Waals surface area contributed by atoms with Crippen LogP contribution in [0.2, 0.25) is 0 Å². The third-order valence-corrected chi connectivity index (χ3v) is 4.45. The molecule has 2 N–H and O–H groups in total. The Hall–Kier alpha value is -1.91. The standard InChI is InChI=1S/C18H25FN2O2/c1-18(2,16(22)20-13-9-5-3-4-6-10-13)17(23)21-15-12-8-7-11-14(15)19/h7-8,11-13H,3-6,9-10H2,1-2H3,(H,20,22)(H,21,23). The third kappa shape index (κ3) is 4.53. The van der Waals surface area contributed by atoms with E-state index in [2.05, 4.69) is 10.6 Å². The summed E-state index contributed by atoms with van der Waals surface area (Å²) in [6, 6.07) is 6.07. The molecule has 5 heteroatoms. The molecule has 4 nitrogen and oxygen atoms in total. The first-order chi connectivity index (χ1) is 10.9. The van der Waals surface area contributed by atoms with Crippen LogP contribution in [0.1, 0.15) is 52.4 Å². The largest absolute Gasteiger partial charge is 0.352 e. The minimum absolute atomic E-state index is 0.0906. The number of para-hydroxylation sites is 1. The Kier molecular flexibility index (Phi) is 5.74. The Morgan fingerprint density at radius 2 is 1.65 bits per heavy atom. The Balaban J connectivity index is 1.99. The molecule has 1 aliphatic carbocycles. The Labute approximate surface area is 136 Å². The molecular formula is C18H25FN2O2. The van der Waals surface area contributed by atoms with E-state index in [0.717, 1.165) is 25.7 Å². The number of hydrogen-bond donors (Lipinski definition) is 2. The smallest absolute Gasteiger partial charge is 0.239 e. The number of anilines is 1. The highest BCUT2D eigenvalue weighted by Gasteiger charge is 2.37. The van der Waals surface area contributed by atoms with Gasteiger partial charge < -0.3 is 10.6 Å². The van der Waals surface area contributed by atoms with Crippen molar-refractivity contribution in [3.63, 3.8) is 0 Å². The molecular weight excluding hydrogens is 295 g/mol. The van der Waals surface area contributed by atoms with Gasteiger partial charge in [0.1, 0.15) is 11.2 Å². The molecule has 1 fully saturated rings. The fourth-order valence-electron chi connectivity index (χ4n) is 2.73. The lowest BCUT2D eigenvalue weighted by molar-refractivity contribution is -0.138. The second kappa shape index (κ2) is 7.57. The molecule has 0 unspecified atom stereocenters. The average molecular weight is 320 g/mol. The quantitative estimate of drug-likeness (QED) is 0.657. The number of hydrogen-bond acceptors (Lipinski definition) is 2. The molecule has 0 spiro atoms. The van der Waals surface area contributed by atoms with E-state index in [1.54, 1.807) is 26.0 Å². The minimum Gasteiger partial charge on any atom is -0.352 e. The van der Waals surface area contributed by atoms with Gasteiger partial charge in [0.2, 0.25) is 11.8 Å². The van der Waals surface area contributed by atoms with Gasteiger partial charge in [0.15, 0.2) is 0 Å². The fraction of sp³-hybridized carbons (Fsp3) is 0.556. The maximum absolute atomic E-state index is 13.6. The third-order valence-electron chi connectivity index (χ3n) is 4.45. The van der Waals surface area contributed by atoms with Crippen LogP contribution in [0.4, 0.5) is 10.1 Å². The summed E-state index contributed by atoms with van der Waals surface area (Å²) in [6.07, 6.45) is 6.51. The topological polar surface area (TPSA) is 58.2 Å². The van der Waals surface area contributed by atoms with E-state index in [4.69, 9.17) is 0 Å². The Morgan fingerprint density at radius 1 is 1.04 bits per heavy atom. The molecule has 0 aliphatic heterocycles. The predicted molar refractivity (Wildman–Crippen MR) is 88.4 cm³/mol. The zero-order valence-electron chi connectivity index (χ0n) is 13.8. The predicted octanol–water partition coefficient (Wildman–Crippen LogP) is 3.63. The highest BCUT2D eigenvalue weighted by atomic mass is 19.1. The van der Waals surface area contributed by atoms with E-state index in [-0.39, 0.29) is 17.6 Å². The van der Waals surface area contributed by atoms with Crippen LogP contribution in [0.3, 0.4) is 0 Å². The van der Waals surface area contributed by atoms with E-state index in [1.807, 2.05) is 0 Å². The normalized spacial score (nSPS) is 16.5. The lowest BCUT2D eigenvalue weighted by Crippen LogP contribution is -2.48. The van der Waals surface area contributed by atoms with Crippen molar-refractivity contribution in [2.24, 2.45) is 5.41 Å². The van der Waals surface area contributed by atoms with Crippen LogP contribution in [0.25, 0.3) is 0 Å². The van der Waals surface area contributed by atoms with Gasteiger partial charge in [-0.2, -0.15) is 0 Å². The summed E-state index contributed by atoms with van der Waals surface area (Å²) in [4.78, 5) is 24.9. The molecule has 0 radical (unpaired) electrons. The zero-order valence-corrected chi connectivity index (χ0v) is 13.8. The maximum Gasteiger partial charge on any atom is 0.239 e. The van der Waals surface area contributed by atoms with Crippen LogP contribution < -0.4 is 10.6 Å². The Bertz CT molecular complexity index is 564. The van der Waals surface area contributed by atoms with Gasteiger partial charge in [0, 0.05) is 6.04 Å². The van der Waals surface area contributed by atoms with E-state index in [1.165, 1.54) is 25.0 Å². The zero-order chi connectivity index (χ0) is 16.9. The molecule has 0 atom stereocenters. The van der Waals surface area contributed by atoms with Gasteiger partial charge in [-0.3, -0.25) is 9.59 Å². The summed E-state index contributed by atoms with van der Waals surface area (Å²) >= 11 is 0. The molecule has 23 heavy (non-hydrogen) atoms. The van der Waals surface area contributed by atoms with E-state index in [0.29, 0.717) is 0 Å². The highest BCUT2D eigenvalue weighted by molar-refractivity contribution is 6.09. The first-order valence-electron chi connectivity index (χ1n) is 8.28. The monoisotopic (exact) mass is 320 g/mol. The molecule has 0 heterocycles. The van der Waals surface area contributed by atoms with Crippen molar-refractivity contribution in [2.45, 2.75) is 58.4 Å². The number of carbonyl (C=O) groups excluding carboxylic acids is 2. The van der Waals surface area contributed by atoms with Crippen molar-refractivity contribution in [2.75, 3.05) is 5.32 Å². The molecule has 2 amide bonds. The van der Waals surface area contributed by atoms with Crippen LogP contribution in [-0.4, -0.2) is 17.9 Å². The molecule has 0 saturated heterocycles. The molecule has 1 aromatic rings. The summed E-state index contributed by atoms with van der Waals surface area (Å²) in [5, 5.41) is 5.49. The first-order valence-corrected chi connectivity index (χ1v) is 8.28. The van der Waals surface area contributed by atoms with Gasteiger partial charge in [-0.25, -0.2) is 4.39 Å². The van der Waals surface area contributed by atoms with E-state index >= 15 is 0 Å². The van der Waals surface area contributed by atoms with Gasteiger partial charge in [-0.15, -0.1) is 0 Å². The molecule has 0 aromatic heterocycles. The SMILES string of the molecule is CC(C)(C(=O)Nc1ccccc1F)C(=O)NC1CCCCCC1. The summed E-state index contributed by atoms with van der Waals surface area (Å²) in [5.41, 5.74) is -1.16. The van der Waals surface area contributed by atoms with Gasteiger partial charge in [0.25, 0.3) is 0 Å². The summed E-state index contributed by atoms with van der Waals surface area (Å²) in [5.74, 6) is -1.33. The van der Waals surface area contributed by atoms with Crippen LogP contribution in [-0.2, 0) is 9.59 Å². The first kappa shape index (κ1) is 17.4. The summed E-state index contributed by atoms with van der Waals surface area (Å²) < 4.78 is 13.6. The second-order valence-corrected chi connectivity index (χ2v) is 6.72. The van der Waals surface area contributed by atoms with Crippen molar-refractivity contribution in [3.05, 3.63) is 30.1 Å². The van der Waals surface area contributed by atoms with Crippen molar-refractivity contribution >= 4 is 17.5 Å².